The fourth-order valence-corrected chi connectivity index (χ4v) is 2.03. The summed E-state index contributed by atoms with van der Waals surface area (Å²) < 4.78 is 0. The van der Waals surface area contributed by atoms with Crippen LogP contribution >= 0.6 is 0 Å². The number of nitrogens with one attached hydrogen (secondary N) is 1. The molecule has 1 unspecified atom stereocenters. The van der Waals surface area contributed by atoms with Crippen LogP contribution < -0.4 is 5.32 Å². The van der Waals surface area contributed by atoms with E-state index in [2.05, 4.69) is 17.2 Å². The summed E-state index contributed by atoms with van der Waals surface area (Å²) in [4.78, 5) is 12.1. The standard InChI is InChI=1S/C16H19NO2/c1-11-5-6-13(4-3-9-18)10-15(11)17-16(19)12(2)14-7-8-14/h5-6,10,12,14,18H,7-9H2,1-2H3,(H,17,19). The van der Waals surface area contributed by atoms with Gasteiger partial charge in [-0.2, -0.15) is 0 Å². The summed E-state index contributed by atoms with van der Waals surface area (Å²) in [6, 6.07) is 5.67. The molecule has 1 saturated carbocycles. The second kappa shape index (κ2) is 5.90. The lowest BCUT2D eigenvalue weighted by Gasteiger charge is -2.13. The monoisotopic (exact) mass is 257 g/mol. The maximum absolute atomic E-state index is 12.1. The fourth-order valence-electron chi connectivity index (χ4n) is 2.03. The van der Waals surface area contributed by atoms with E-state index in [1.165, 1.54) is 0 Å². The number of rotatable bonds is 3. The largest absolute Gasteiger partial charge is 0.384 e. The SMILES string of the molecule is Cc1ccc(C#CCO)cc1NC(=O)C(C)C1CC1. The van der Waals surface area contributed by atoms with E-state index in [0.29, 0.717) is 5.92 Å². The van der Waals surface area contributed by atoms with Crippen molar-refractivity contribution in [1.29, 1.82) is 0 Å². The Bertz CT molecular complexity index is 535. The number of carbonyl (C=O) groups is 1. The van der Waals surface area contributed by atoms with Gasteiger partial charge in [-0.1, -0.05) is 24.8 Å². The normalized spacial score (nSPS) is 15.3. The number of carbonyl (C=O) groups excluding carboxylic acids is 1. The Morgan fingerprint density at radius 3 is 2.89 bits per heavy atom. The second-order valence-corrected chi connectivity index (χ2v) is 5.10. The van der Waals surface area contributed by atoms with Crippen LogP contribution in [-0.2, 0) is 4.79 Å². The van der Waals surface area contributed by atoms with Crippen LogP contribution in [0, 0.1) is 30.6 Å². The van der Waals surface area contributed by atoms with E-state index in [-0.39, 0.29) is 18.4 Å². The summed E-state index contributed by atoms with van der Waals surface area (Å²) in [6.45, 7) is 3.78. The van der Waals surface area contributed by atoms with Crippen molar-refractivity contribution in [1.82, 2.24) is 0 Å². The highest BCUT2D eigenvalue weighted by Gasteiger charge is 2.32. The maximum atomic E-state index is 12.1. The molecule has 0 heterocycles. The lowest BCUT2D eigenvalue weighted by atomic mass is 10.0. The molecule has 0 radical (unpaired) electrons. The van der Waals surface area contributed by atoms with Crippen molar-refractivity contribution in [3.63, 3.8) is 0 Å². The van der Waals surface area contributed by atoms with Crippen LogP contribution in [0.2, 0.25) is 0 Å². The highest BCUT2D eigenvalue weighted by atomic mass is 16.2. The van der Waals surface area contributed by atoms with Gasteiger partial charge in [0.2, 0.25) is 5.91 Å². The molecule has 19 heavy (non-hydrogen) atoms. The minimum absolute atomic E-state index is 0.0755. The first-order valence-corrected chi connectivity index (χ1v) is 6.63. The Labute approximate surface area is 114 Å². The number of benzene rings is 1. The van der Waals surface area contributed by atoms with Gasteiger partial charge in [-0.25, -0.2) is 0 Å². The number of aryl methyl sites for hydroxylation is 1. The molecule has 0 aliphatic heterocycles. The molecule has 0 aromatic heterocycles. The van der Waals surface area contributed by atoms with E-state index in [0.717, 1.165) is 29.7 Å². The number of aliphatic hydroxyl groups excluding tert-OH is 1. The summed E-state index contributed by atoms with van der Waals surface area (Å²) in [5, 5.41) is 11.7. The number of hydrogen-bond acceptors (Lipinski definition) is 2. The Hall–Kier alpha value is -1.79. The highest BCUT2D eigenvalue weighted by Crippen LogP contribution is 2.37. The van der Waals surface area contributed by atoms with Crippen LogP contribution in [0.3, 0.4) is 0 Å². The summed E-state index contributed by atoms with van der Waals surface area (Å²) in [7, 11) is 0. The minimum Gasteiger partial charge on any atom is -0.384 e. The van der Waals surface area contributed by atoms with Crippen LogP contribution in [-0.4, -0.2) is 17.6 Å². The Morgan fingerprint density at radius 1 is 1.53 bits per heavy atom. The molecule has 0 spiro atoms. The van der Waals surface area contributed by atoms with E-state index in [9.17, 15) is 4.79 Å². The van der Waals surface area contributed by atoms with Crippen molar-refractivity contribution in [3.8, 4) is 11.8 Å². The van der Waals surface area contributed by atoms with Gasteiger partial charge in [0, 0.05) is 17.2 Å². The Balaban J connectivity index is 2.11. The zero-order valence-corrected chi connectivity index (χ0v) is 11.4. The average Bonchev–Trinajstić information content (AvgIpc) is 3.23. The molecule has 1 atom stereocenters. The molecule has 1 aliphatic rings. The third-order valence-electron chi connectivity index (χ3n) is 3.55. The zero-order valence-electron chi connectivity index (χ0n) is 11.4. The summed E-state index contributed by atoms with van der Waals surface area (Å²) in [5.41, 5.74) is 2.63. The number of aliphatic hydroxyl groups is 1. The maximum Gasteiger partial charge on any atom is 0.227 e. The van der Waals surface area contributed by atoms with Crippen LogP contribution in [0.4, 0.5) is 5.69 Å². The molecule has 0 saturated heterocycles. The summed E-state index contributed by atoms with van der Waals surface area (Å²) in [6.07, 6.45) is 2.32. The topological polar surface area (TPSA) is 49.3 Å². The van der Waals surface area contributed by atoms with E-state index >= 15 is 0 Å². The van der Waals surface area contributed by atoms with Gasteiger partial charge in [-0.15, -0.1) is 0 Å². The first kappa shape index (κ1) is 13.6. The lowest BCUT2D eigenvalue weighted by Crippen LogP contribution is -2.22. The molecule has 2 rings (SSSR count). The van der Waals surface area contributed by atoms with Crippen molar-refractivity contribution in [2.75, 3.05) is 11.9 Å². The molecule has 2 N–H and O–H groups in total. The molecule has 1 aliphatic carbocycles. The Morgan fingerprint density at radius 2 is 2.26 bits per heavy atom. The number of anilines is 1. The van der Waals surface area contributed by atoms with E-state index in [4.69, 9.17) is 5.11 Å². The van der Waals surface area contributed by atoms with Gasteiger partial charge in [0.05, 0.1) is 0 Å². The smallest absolute Gasteiger partial charge is 0.227 e. The quantitative estimate of drug-likeness (QED) is 0.816. The van der Waals surface area contributed by atoms with Gasteiger partial charge in [0.25, 0.3) is 0 Å². The fraction of sp³-hybridized carbons (Fsp3) is 0.438. The first-order valence-electron chi connectivity index (χ1n) is 6.63. The van der Waals surface area contributed by atoms with Crippen LogP contribution in [0.25, 0.3) is 0 Å². The van der Waals surface area contributed by atoms with Crippen LogP contribution in [0.15, 0.2) is 18.2 Å². The van der Waals surface area contributed by atoms with Gasteiger partial charge in [-0.3, -0.25) is 4.79 Å². The number of amides is 1. The van der Waals surface area contributed by atoms with Gasteiger partial charge in [0.1, 0.15) is 6.61 Å². The van der Waals surface area contributed by atoms with Gasteiger partial charge < -0.3 is 10.4 Å². The average molecular weight is 257 g/mol. The molecule has 100 valence electrons. The van der Waals surface area contributed by atoms with Gasteiger partial charge in [-0.05, 0) is 43.4 Å². The van der Waals surface area contributed by atoms with Crippen molar-refractivity contribution in [2.24, 2.45) is 11.8 Å². The van der Waals surface area contributed by atoms with Crippen molar-refractivity contribution < 1.29 is 9.90 Å². The van der Waals surface area contributed by atoms with E-state index in [1.807, 2.05) is 32.0 Å². The van der Waals surface area contributed by atoms with Crippen molar-refractivity contribution in [2.45, 2.75) is 26.7 Å². The molecule has 3 heteroatoms. The molecule has 1 fully saturated rings. The van der Waals surface area contributed by atoms with Crippen molar-refractivity contribution >= 4 is 11.6 Å². The molecule has 1 aromatic carbocycles. The molecule has 0 bridgehead atoms. The predicted molar refractivity (Wildman–Crippen MR) is 75.7 cm³/mol. The van der Waals surface area contributed by atoms with Crippen LogP contribution in [0.5, 0.6) is 0 Å². The number of hydrogen-bond donors (Lipinski definition) is 2. The van der Waals surface area contributed by atoms with Crippen LogP contribution in [0.1, 0.15) is 30.9 Å². The third-order valence-corrected chi connectivity index (χ3v) is 3.55. The van der Waals surface area contributed by atoms with E-state index in [1.54, 1.807) is 0 Å². The first-order chi connectivity index (χ1) is 9.11. The zero-order chi connectivity index (χ0) is 13.8. The minimum atomic E-state index is -0.158. The van der Waals surface area contributed by atoms with E-state index < -0.39 is 0 Å². The lowest BCUT2D eigenvalue weighted by molar-refractivity contribution is -0.119. The van der Waals surface area contributed by atoms with Gasteiger partial charge in [0.15, 0.2) is 0 Å². The second-order valence-electron chi connectivity index (χ2n) is 5.10. The van der Waals surface area contributed by atoms with Crippen molar-refractivity contribution in [3.05, 3.63) is 29.3 Å². The summed E-state index contributed by atoms with van der Waals surface area (Å²) in [5.74, 6) is 6.17. The summed E-state index contributed by atoms with van der Waals surface area (Å²) >= 11 is 0. The molecule has 1 aromatic rings. The highest BCUT2D eigenvalue weighted by molar-refractivity contribution is 5.93. The molecule has 1 amide bonds. The third kappa shape index (κ3) is 3.59. The molecular weight excluding hydrogens is 238 g/mol. The molecular formula is C16H19NO2. The molecule has 3 nitrogen and oxygen atoms in total. The predicted octanol–water partition coefficient (Wildman–Crippen LogP) is 2.32. The van der Waals surface area contributed by atoms with Gasteiger partial charge >= 0.3 is 0 Å². The Kier molecular flexibility index (Phi) is 4.24.